The molecular weight excluding hydrogens is 466 g/mol. The molecule has 0 saturated heterocycles. The van der Waals surface area contributed by atoms with Crippen molar-refractivity contribution in [2.75, 3.05) is 0 Å². The van der Waals surface area contributed by atoms with E-state index in [4.69, 9.17) is 0 Å². The molecule has 0 aliphatic rings. The van der Waals surface area contributed by atoms with Crippen LogP contribution >= 0.6 is 36.3 Å². The second-order valence-electron chi connectivity index (χ2n) is 4.39. The summed E-state index contributed by atoms with van der Waals surface area (Å²) in [7, 11) is -0.446. The smallest absolute Gasteiger partial charge is 0.0134 e. The molecule has 3 aromatic rings. The van der Waals surface area contributed by atoms with Crippen LogP contribution in [0.25, 0.3) is 0 Å². The Morgan fingerprint density at radius 3 is 0.955 bits per heavy atom. The summed E-state index contributed by atoms with van der Waals surface area (Å²) < 4.78 is 0. The molecule has 0 aliphatic carbocycles. The molecule has 0 atom stereocenters. The topological polar surface area (TPSA) is 0 Å². The zero-order chi connectivity index (χ0) is 15.6. The molecular formula is C18H15Br2CoP. The van der Waals surface area contributed by atoms with Gasteiger partial charge >= 0.3 is 39.5 Å². The van der Waals surface area contributed by atoms with Gasteiger partial charge in [-0.25, -0.2) is 0 Å². The molecule has 3 rings (SSSR count). The third kappa shape index (κ3) is 5.33. The van der Waals surface area contributed by atoms with Crippen LogP contribution < -0.4 is 15.9 Å². The van der Waals surface area contributed by atoms with Crippen LogP contribution in [0.1, 0.15) is 0 Å². The Kier molecular flexibility index (Phi) is 8.43. The first-order chi connectivity index (χ1) is 10.9. The van der Waals surface area contributed by atoms with Gasteiger partial charge in [0.1, 0.15) is 0 Å². The van der Waals surface area contributed by atoms with Crippen LogP contribution in [0.3, 0.4) is 0 Å². The summed E-state index contributed by atoms with van der Waals surface area (Å²) in [5, 5.41) is 4.19. The molecule has 0 bridgehead atoms. The molecule has 0 aliphatic heterocycles. The molecule has 3 aromatic carbocycles. The summed E-state index contributed by atoms with van der Waals surface area (Å²) in [5.41, 5.74) is 0. The molecule has 4 heteroatoms. The van der Waals surface area contributed by atoms with Crippen LogP contribution in [-0.4, -0.2) is 0 Å². The fourth-order valence-corrected chi connectivity index (χ4v) is 4.48. The van der Waals surface area contributed by atoms with E-state index in [0.717, 1.165) is 11.1 Å². The Morgan fingerprint density at radius 2 is 0.727 bits per heavy atom. The standard InChI is InChI=1S/C18H15P.2BrH.Co/c1-4-10-16(11-5-1)19(17-12-6-2-7-13-17)18-14-8-3-9-15-18;;;/h1-15H;2*1H;/q;;;+2/p-2. The van der Waals surface area contributed by atoms with E-state index in [-0.39, 0.29) is 0 Å². The molecule has 0 fully saturated rings. The third-order valence-corrected chi connectivity index (χ3v) is 5.49. The minimum absolute atomic E-state index is 0.446. The Balaban J connectivity index is 0.000000545. The van der Waals surface area contributed by atoms with Gasteiger partial charge in [-0.3, -0.25) is 0 Å². The van der Waals surface area contributed by atoms with Crippen LogP contribution in [0.2, 0.25) is 0 Å². The predicted octanol–water partition coefficient (Wildman–Crippen LogP) is 5.13. The first-order valence-corrected chi connectivity index (χ1v) is 13.1. The summed E-state index contributed by atoms with van der Waals surface area (Å²) in [5.74, 6) is 0. The Labute approximate surface area is 153 Å². The molecule has 0 heterocycles. The molecule has 115 valence electrons. The van der Waals surface area contributed by atoms with E-state index in [1.54, 1.807) is 0 Å². The summed E-state index contributed by atoms with van der Waals surface area (Å²) in [6.07, 6.45) is 0. The van der Waals surface area contributed by atoms with Gasteiger partial charge in [0.05, 0.1) is 0 Å². The number of rotatable bonds is 3. The summed E-state index contributed by atoms with van der Waals surface area (Å²) >= 11 is 7.12. The fraction of sp³-hybridized carbons (Fsp3) is 0. The van der Waals surface area contributed by atoms with Crippen molar-refractivity contribution >= 4 is 52.2 Å². The van der Waals surface area contributed by atoms with Crippen LogP contribution in [-0.2, 0) is 11.1 Å². The maximum absolute atomic E-state index is 3.03. The quantitative estimate of drug-likeness (QED) is 0.456. The Hall–Kier alpha value is -0.444. The average Bonchev–Trinajstić information content (AvgIpc) is 2.59. The molecule has 0 N–H and O–H groups in total. The number of hydrogen-bond donors (Lipinski definition) is 0. The Morgan fingerprint density at radius 1 is 0.500 bits per heavy atom. The number of halogens is 2. The second-order valence-corrected chi connectivity index (χ2v) is 11.9. The van der Waals surface area contributed by atoms with Crippen LogP contribution in [0.5, 0.6) is 0 Å². The minimum Gasteiger partial charge on any atom is -0.0622 e. The largest absolute Gasteiger partial charge is 0.0622 e. The van der Waals surface area contributed by atoms with E-state index in [1.165, 1.54) is 15.9 Å². The van der Waals surface area contributed by atoms with E-state index in [2.05, 4.69) is 119 Å². The van der Waals surface area contributed by atoms with Crippen LogP contribution in [0.15, 0.2) is 91.0 Å². The molecule has 0 spiro atoms. The van der Waals surface area contributed by atoms with Crippen molar-refractivity contribution in [3.63, 3.8) is 0 Å². The SMILES string of the molecule is [Br][Co][Br].c1ccc(P(c2ccccc2)c2ccccc2)cc1. The van der Waals surface area contributed by atoms with E-state index < -0.39 is 7.92 Å². The predicted molar refractivity (Wildman–Crippen MR) is 103 cm³/mol. The Bertz CT molecular complexity index is 554. The van der Waals surface area contributed by atoms with Crippen molar-refractivity contribution < 1.29 is 11.1 Å². The number of benzene rings is 3. The van der Waals surface area contributed by atoms with E-state index in [9.17, 15) is 0 Å². The van der Waals surface area contributed by atoms with Gasteiger partial charge in [-0.2, -0.15) is 0 Å². The van der Waals surface area contributed by atoms with Gasteiger partial charge in [-0.05, 0) is 23.8 Å². The molecule has 0 unspecified atom stereocenters. The van der Waals surface area contributed by atoms with Crippen molar-refractivity contribution in [3.8, 4) is 0 Å². The zero-order valence-electron chi connectivity index (χ0n) is 11.7. The molecule has 0 nitrogen and oxygen atoms in total. The van der Waals surface area contributed by atoms with Gasteiger partial charge in [-0.15, -0.1) is 0 Å². The molecule has 0 radical (unpaired) electrons. The van der Waals surface area contributed by atoms with E-state index >= 15 is 0 Å². The zero-order valence-corrected chi connectivity index (χ0v) is 16.8. The van der Waals surface area contributed by atoms with Crippen LogP contribution in [0.4, 0.5) is 0 Å². The average molecular weight is 481 g/mol. The van der Waals surface area contributed by atoms with Gasteiger partial charge in [-0.1, -0.05) is 91.0 Å². The van der Waals surface area contributed by atoms with Gasteiger partial charge in [0.2, 0.25) is 0 Å². The maximum Gasteiger partial charge on any atom is -0.0134 e. The van der Waals surface area contributed by atoms with Gasteiger partial charge < -0.3 is 0 Å². The van der Waals surface area contributed by atoms with E-state index in [0.29, 0.717) is 0 Å². The van der Waals surface area contributed by atoms with E-state index in [1.807, 2.05) is 0 Å². The fourth-order valence-electron chi connectivity index (χ4n) is 2.18. The van der Waals surface area contributed by atoms with Gasteiger partial charge in [0.25, 0.3) is 0 Å². The first-order valence-electron chi connectivity index (χ1n) is 6.65. The number of hydrogen-bond acceptors (Lipinski definition) is 0. The van der Waals surface area contributed by atoms with Crippen LogP contribution in [0, 0.1) is 0 Å². The van der Waals surface area contributed by atoms with Gasteiger partial charge in [0, 0.05) is 0 Å². The normalized spacial score (nSPS) is 10.1. The summed E-state index contributed by atoms with van der Waals surface area (Å²) in [4.78, 5) is 0. The first kappa shape index (κ1) is 17.9. The molecule has 22 heavy (non-hydrogen) atoms. The minimum atomic E-state index is -0.446. The molecule has 0 amide bonds. The van der Waals surface area contributed by atoms with Crippen molar-refractivity contribution in [1.29, 1.82) is 0 Å². The van der Waals surface area contributed by atoms with Crippen molar-refractivity contribution in [1.82, 2.24) is 0 Å². The third-order valence-electron chi connectivity index (χ3n) is 3.04. The van der Waals surface area contributed by atoms with Crippen molar-refractivity contribution in [3.05, 3.63) is 91.0 Å². The maximum atomic E-state index is 3.03. The van der Waals surface area contributed by atoms with Crippen molar-refractivity contribution in [2.24, 2.45) is 0 Å². The molecule has 0 aromatic heterocycles. The second kappa shape index (κ2) is 10.4. The van der Waals surface area contributed by atoms with Gasteiger partial charge in [0.15, 0.2) is 0 Å². The van der Waals surface area contributed by atoms with Crippen molar-refractivity contribution in [2.45, 2.75) is 0 Å². The summed E-state index contributed by atoms with van der Waals surface area (Å²) in [6, 6.07) is 32.3. The monoisotopic (exact) mass is 479 g/mol. The molecule has 0 saturated carbocycles. The summed E-state index contributed by atoms with van der Waals surface area (Å²) in [6.45, 7) is 0.